The first-order valence-electron chi connectivity index (χ1n) is 8.44. The molecule has 0 spiro atoms. The van der Waals surface area contributed by atoms with E-state index >= 15 is 0 Å². The highest BCUT2D eigenvalue weighted by Gasteiger charge is 2.05. The van der Waals surface area contributed by atoms with Gasteiger partial charge >= 0.3 is 0 Å². The summed E-state index contributed by atoms with van der Waals surface area (Å²) in [5.74, 6) is 0.533. The van der Waals surface area contributed by atoms with Gasteiger partial charge in [0.2, 0.25) is 0 Å². The van der Waals surface area contributed by atoms with Crippen LogP contribution in [-0.2, 0) is 13.0 Å². The lowest BCUT2D eigenvalue weighted by Gasteiger charge is -2.11. The van der Waals surface area contributed by atoms with Gasteiger partial charge in [0.05, 0.1) is 12.2 Å². The van der Waals surface area contributed by atoms with Gasteiger partial charge in [0, 0.05) is 36.4 Å². The Hall–Kier alpha value is -2.16. The molecular weight excluding hydrogens is 444 g/mol. The minimum Gasteiger partial charge on any atom is -0.361 e. The van der Waals surface area contributed by atoms with Crippen LogP contribution in [0.25, 0.3) is 10.9 Å². The fraction of sp³-hybridized carbons (Fsp3) is 0.263. The van der Waals surface area contributed by atoms with Crippen molar-refractivity contribution in [2.75, 3.05) is 13.1 Å². The second-order valence-corrected chi connectivity index (χ2v) is 5.70. The molecule has 0 saturated carbocycles. The predicted molar refractivity (Wildman–Crippen MR) is 114 cm³/mol. The SMILES string of the molecule is CCNC(=NCc1ccccn1)NCCc1c[nH]c2ccc(F)cc12.I. The minimum atomic E-state index is -0.216. The molecule has 138 valence electrons. The van der Waals surface area contributed by atoms with E-state index in [0.717, 1.165) is 41.1 Å². The predicted octanol–water partition coefficient (Wildman–Crippen LogP) is 3.62. The third kappa shape index (κ3) is 5.42. The van der Waals surface area contributed by atoms with Gasteiger partial charge in [-0.3, -0.25) is 4.98 Å². The number of H-pyrrole nitrogens is 1. The van der Waals surface area contributed by atoms with E-state index in [1.54, 1.807) is 18.3 Å². The number of hydrogen-bond acceptors (Lipinski definition) is 2. The fourth-order valence-corrected chi connectivity index (χ4v) is 2.67. The molecule has 0 aliphatic heterocycles. The molecule has 2 aromatic heterocycles. The van der Waals surface area contributed by atoms with E-state index in [4.69, 9.17) is 0 Å². The molecule has 0 saturated heterocycles. The zero-order chi connectivity index (χ0) is 17.5. The van der Waals surface area contributed by atoms with Gasteiger partial charge in [-0.1, -0.05) is 6.07 Å². The largest absolute Gasteiger partial charge is 0.361 e. The average molecular weight is 467 g/mol. The number of nitrogens with zero attached hydrogens (tertiary/aromatic N) is 2. The van der Waals surface area contributed by atoms with Crippen molar-refractivity contribution >= 4 is 40.8 Å². The van der Waals surface area contributed by atoms with Crippen LogP contribution in [0, 0.1) is 5.82 Å². The Morgan fingerprint density at radius 1 is 1.23 bits per heavy atom. The Bertz CT molecular complexity index is 848. The summed E-state index contributed by atoms with van der Waals surface area (Å²) < 4.78 is 13.4. The van der Waals surface area contributed by atoms with Crippen molar-refractivity contribution in [2.24, 2.45) is 4.99 Å². The minimum absolute atomic E-state index is 0. The van der Waals surface area contributed by atoms with Crippen LogP contribution in [0.4, 0.5) is 4.39 Å². The molecule has 0 atom stereocenters. The Morgan fingerprint density at radius 2 is 2.12 bits per heavy atom. The number of aromatic amines is 1. The van der Waals surface area contributed by atoms with Gasteiger partial charge in [-0.25, -0.2) is 9.38 Å². The monoisotopic (exact) mass is 467 g/mol. The molecule has 7 heteroatoms. The molecule has 0 aliphatic carbocycles. The van der Waals surface area contributed by atoms with Crippen molar-refractivity contribution in [3.63, 3.8) is 0 Å². The molecule has 0 unspecified atom stereocenters. The van der Waals surface area contributed by atoms with E-state index in [-0.39, 0.29) is 29.8 Å². The van der Waals surface area contributed by atoms with Crippen molar-refractivity contribution in [3.05, 3.63) is 65.9 Å². The third-order valence-corrected chi connectivity index (χ3v) is 3.89. The number of pyridine rings is 1. The highest BCUT2D eigenvalue weighted by Crippen LogP contribution is 2.19. The van der Waals surface area contributed by atoms with Gasteiger partial charge in [-0.15, -0.1) is 24.0 Å². The first-order chi connectivity index (χ1) is 12.3. The number of nitrogens with one attached hydrogen (secondary N) is 3. The molecule has 26 heavy (non-hydrogen) atoms. The van der Waals surface area contributed by atoms with Crippen LogP contribution >= 0.6 is 24.0 Å². The van der Waals surface area contributed by atoms with Gasteiger partial charge in [0.1, 0.15) is 5.82 Å². The zero-order valence-corrected chi connectivity index (χ0v) is 17.0. The number of fused-ring (bicyclic) bond motifs is 1. The van der Waals surface area contributed by atoms with E-state index in [9.17, 15) is 4.39 Å². The summed E-state index contributed by atoms with van der Waals surface area (Å²) in [5.41, 5.74) is 2.96. The van der Waals surface area contributed by atoms with Crippen molar-refractivity contribution in [3.8, 4) is 0 Å². The first kappa shape index (κ1) is 20.2. The Kier molecular flexibility index (Phi) is 7.83. The molecule has 0 amide bonds. The Labute approximate surface area is 169 Å². The fourth-order valence-electron chi connectivity index (χ4n) is 2.67. The van der Waals surface area contributed by atoms with Crippen LogP contribution in [0.3, 0.4) is 0 Å². The molecule has 0 radical (unpaired) electrons. The van der Waals surface area contributed by atoms with Gasteiger partial charge in [0.15, 0.2) is 5.96 Å². The van der Waals surface area contributed by atoms with Crippen LogP contribution in [0.5, 0.6) is 0 Å². The summed E-state index contributed by atoms with van der Waals surface area (Å²) in [6, 6.07) is 10.6. The van der Waals surface area contributed by atoms with Crippen LogP contribution in [0.15, 0.2) is 53.8 Å². The molecule has 0 bridgehead atoms. The van der Waals surface area contributed by atoms with Crippen molar-refractivity contribution in [2.45, 2.75) is 19.9 Å². The lowest BCUT2D eigenvalue weighted by atomic mass is 10.1. The molecular formula is C19H23FIN5. The topological polar surface area (TPSA) is 65.1 Å². The molecule has 0 fully saturated rings. The van der Waals surface area contributed by atoms with Crippen LogP contribution in [0.1, 0.15) is 18.2 Å². The molecule has 0 aliphatic rings. The first-order valence-corrected chi connectivity index (χ1v) is 8.44. The van der Waals surface area contributed by atoms with Crippen LogP contribution in [-0.4, -0.2) is 29.0 Å². The van der Waals surface area contributed by atoms with Gasteiger partial charge in [-0.05, 0) is 49.2 Å². The normalized spacial score (nSPS) is 11.2. The average Bonchev–Trinajstić information content (AvgIpc) is 3.03. The summed E-state index contributed by atoms with van der Waals surface area (Å²) in [6.45, 7) is 4.04. The third-order valence-electron chi connectivity index (χ3n) is 3.89. The molecule has 1 aromatic carbocycles. The van der Waals surface area contributed by atoms with E-state index in [0.29, 0.717) is 13.1 Å². The number of hydrogen-bond donors (Lipinski definition) is 3. The van der Waals surface area contributed by atoms with E-state index in [2.05, 4.69) is 25.6 Å². The van der Waals surface area contributed by atoms with E-state index < -0.39 is 0 Å². The molecule has 2 heterocycles. The van der Waals surface area contributed by atoms with Gasteiger partial charge < -0.3 is 15.6 Å². The van der Waals surface area contributed by atoms with Crippen molar-refractivity contribution < 1.29 is 4.39 Å². The van der Waals surface area contributed by atoms with E-state index in [1.165, 1.54) is 6.07 Å². The summed E-state index contributed by atoms with van der Waals surface area (Å²) >= 11 is 0. The molecule has 5 nitrogen and oxygen atoms in total. The summed E-state index contributed by atoms with van der Waals surface area (Å²) in [5, 5.41) is 7.46. The zero-order valence-electron chi connectivity index (χ0n) is 14.6. The maximum absolute atomic E-state index is 13.4. The van der Waals surface area contributed by atoms with Gasteiger partial charge in [0.25, 0.3) is 0 Å². The Morgan fingerprint density at radius 3 is 2.88 bits per heavy atom. The number of benzene rings is 1. The highest BCUT2D eigenvalue weighted by atomic mass is 127. The number of rotatable bonds is 6. The lowest BCUT2D eigenvalue weighted by Crippen LogP contribution is -2.38. The molecule has 3 aromatic rings. The van der Waals surface area contributed by atoms with Crippen LogP contribution < -0.4 is 10.6 Å². The number of guanidine groups is 1. The summed E-state index contributed by atoms with van der Waals surface area (Å²) in [4.78, 5) is 12.0. The maximum Gasteiger partial charge on any atom is 0.191 e. The standard InChI is InChI=1S/C19H22FN5.HI/c1-2-21-19(25-13-16-5-3-4-9-22-16)23-10-8-14-12-24-18-7-6-15(20)11-17(14)18;/h3-7,9,11-12,24H,2,8,10,13H2,1H3,(H2,21,23,25);1H. The number of aliphatic imine (C=N–C) groups is 1. The second-order valence-electron chi connectivity index (χ2n) is 5.70. The highest BCUT2D eigenvalue weighted by molar-refractivity contribution is 14.0. The number of halogens is 2. The lowest BCUT2D eigenvalue weighted by molar-refractivity contribution is 0.629. The van der Waals surface area contributed by atoms with Gasteiger partial charge in [-0.2, -0.15) is 0 Å². The Balaban J connectivity index is 0.00000243. The number of aromatic nitrogens is 2. The summed E-state index contributed by atoms with van der Waals surface area (Å²) in [6.07, 6.45) is 4.47. The summed E-state index contributed by atoms with van der Waals surface area (Å²) in [7, 11) is 0. The van der Waals surface area contributed by atoms with E-state index in [1.807, 2.05) is 31.3 Å². The molecule has 3 N–H and O–H groups in total. The van der Waals surface area contributed by atoms with Crippen molar-refractivity contribution in [1.29, 1.82) is 0 Å². The molecule has 3 rings (SSSR count). The maximum atomic E-state index is 13.4. The van der Waals surface area contributed by atoms with Crippen LogP contribution in [0.2, 0.25) is 0 Å². The quantitative estimate of drug-likeness (QED) is 0.295. The smallest absolute Gasteiger partial charge is 0.191 e. The second kappa shape index (κ2) is 10.1. The van der Waals surface area contributed by atoms with Crippen molar-refractivity contribution in [1.82, 2.24) is 20.6 Å².